The van der Waals surface area contributed by atoms with Gasteiger partial charge in [0.05, 0.1) is 12.8 Å². The fourth-order valence-corrected chi connectivity index (χ4v) is 3.06. The van der Waals surface area contributed by atoms with Crippen LogP contribution < -0.4 is 14.2 Å². The van der Waals surface area contributed by atoms with Crippen LogP contribution in [0.1, 0.15) is 12.5 Å². The highest BCUT2D eigenvalue weighted by molar-refractivity contribution is 5.73. The molecule has 0 bridgehead atoms. The number of nitrogens with one attached hydrogen (secondary N) is 1. The van der Waals surface area contributed by atoms with E-state index in [-0.39, 0.29) is 18.2 Å². The first-order chi connectivity index (χ1) is 15.2. The van der Waals surface area contributed by atoms with Gasteiger partial charge in [0.15, 0.2) is 17.2 Å². The van der Waals surface area contributed by atoms with Gasteiger partial charge >= 0.3 is 0 Å². The molecule has 0 saturated carbocycles. The summed E-state index contributed by atoms with van der Waals surface area (Å²) < 4.78 is 31.0. The second-order valence-electron chi connectivity index (χ2n) is 6.65. The van der Waals surface area contributed by atoms with Crippen LogP contribution in [0.15, 0.2) is 72.9 Å². The number of phenolic OH excluding ortho intramolecular Hbond substituents is 1. The van der Waals surface area contributed by atoms with Gasteiger partial charge in [-0.3, -0.25) is 5.10 Å². The number of para-hydroxylation sites is 2. The lowest BCUT2D eigenvalue weighted by Crippen LogP contribution is -1.98. The van der Waals surface area contributed by atoms with Crippen LogP contribution in [0.5, 0.6) is 28.7 Å². The fourth-order valence-electron chi connectivity index (χ4n) is 3.06. The van der Waals surface area contributed by atoms with Crippen molar-refractivity contribution in [2.45, 2.75) is 13.5 Å². The van der Waals surface area contributed by atoms with E-state index in [9.17, 15) is 9.50 Å². The molecule has 0 unspecified atom stereocenters. The quantitative estimate of drug-likeness (QED) is 0.383. The molecule has 0 aliphatic rings. The number of halogens is 1. The Balaban J connectivity index is 1.53. The molecule has 158 valence electrons. The average Bonchev–Trinajstić information content (AvgIpc) is 3.22. The first-order valence-corrected chi connectivity index (χ1v) is 9.78. The van der Waals surface area contributed by atoms with E-state index in [1.807, 2.05) is 25.1 Å². The molecule has 0 spiro atoms. The summed E-state index contributed by atoms with van der Waals surface area (Å²) in [7, 11) is 0. The summed E-state index contributed by atoms with van der Waals surface area (Å²) in [5.74, 6) is 1.62. The summed E-state index contributed by atoms with van der Waals surface area (Å²) in [5, 5.41) is 17.5. The maximum atomic E-state index is 13.8. The number of hydrogen-bond acceptors (Lipinski definition) is 5. The minimum Gasteiger partial charge on any atom is -0.507 e. The monoisotopic (exact) mass is 420 g/mol. The van der Waals surface area contributed by atoms with Crippen LogP contribution >= 0.6 is 0 Å². The predicted octanol–water partition coefficient (Wildman–Crippen LogP) is 5.69. The molecule has 0 aliphatic heterocycles. The molecule has 0 fully saturated rings. The van der Waals surface area contributed by atoms with Crippen LogP contribution in [0.2, 0.25) is 0 Å². The van der Waals surface area contributed by atoms with E-state index < -0.39 is 0 Å². The number of H-pyrrole nitrogens is 1. The molecule has 7 heteroatoms. The summed E-state index contributed by atoms with van der Waals surface area (Å²) in [4.78, 5) is 0. The van der Waals surface area contributed by atoms with Gasteiger partial charge in [-0.1, -0.05) is 30.3 Å². The molecule has 1 aromatic heterocycles. The Bertz CT molecular complexity index is 1180. The van der Waals surface area contributed by atoms with Gasteiger partial charge in [-0.25, -0.2) is 4.39 Å². The van der Waals surface area contributed by atoms with Gasteiger partial charge in [-0.15, -0.1) is 0 Å². The van der Waals surface area contributed by atoms with E-state index in [0.29, 0.717) is 46.4 Å². The Labute approximate surface area is 178 Å². The maximum Gasteiger partial charge on any atom is 0.173 e. The van der Waals surface area contributed by atoms with Crippen molar-refractivity contribution in [2.24, 2.45) is 0 Å². The minimum absolute atomic E-state index is 0.0294. The molecule has 0 saturated heterocycles. The summed E-state index contributed by atoms with van der Waals surface area (Å²) in [6, 6.07) is 18.5. The first kappa shape index (κ1) is 20.3. The van der Waals surface area contributed by atoms with Gasteiger partial charge in [0.2, 0.25) is 0 Å². The molecule has 0 radical (unpaired) electrons. The Morgan fingerprint density at radius 3 is 2.48 bits per heavy atom. The Kier molecular flexibility index (Phi) is 6.03. The summed E-state index contributed by atoms with van der Waals surface area (Å²) in [6.07, 6.45) is 1.53. The number of benzene rings is 3. The molecule has 4 aromatic rings. The van der Waals surface area contributed by atoms with Gasteiger partial charge in [0, 0.05) is 17.2 Å². The van der Waals surface area contributed by atoms with Gasteiger partial charge in [0.1, 0.15) is 29.6 Å². The van der Waals surface area contributed by atoms with E-state index in [1.54, 1.807) is 36.4 Å². The number of rotatable bonds is 8. The molecule has 1 heterocycles. The fraction of sp³-hybridized carbons (Fsp3) is 0.125. The average molecular weight is 420 g/mol. The molecule has 31 heavy (non-hydrogen) atoms. The topological polar surface area (TPSA) is 76.6 Å². The summed E-state index contributed by atoms with van der Waals surface area (Å²) in [5.41, 5.74) is 1.42. The molecule has 0 aliphatic carbocycles. The zero-order valence-electron chi connectivity index (χ0n) is 16.8. The summed E-state index contributed by atoms with van der Waals surface area (Å²) in [6.45, 7) is 2.46. The number of aromatic nitrogens is 2. The predicted molar refractivity (Wildman–Crippen MR) is 114 cm³/mol. The van der Waals surface area contributed by atoms with Gasteiger partial charge in [-0.05, 0) is 37.3 Å². The molecule has 0 amide bonds. The lowest BCUT2D eigenvalue weighted by atomic mass is 10.1. The molecular formula is C24H21FN2O4. The van der Waals surface area contributed by atoms with Crippen molar-refractivity contribution in [1.82, 2.24) is 10.2 Å². The molecule has 0 atom stereocenters. The lowest BCUT2D eigenvalue weighted by molar-refractivity contribution is 0.298. The summed E-state index contributed by atoms with van der Waals surface area (Å²) >= 11 is 0. The van der Waals surface area contributed by atoms with Crippen LogP contribution in [0.3, 0.4) is 0 Å². The zero-order chi connectivity index (χ0) is 21.6. The van der Waals surface area contributed by atoms with E-state index in [4.69, 9.17) is 14.2 Å². The van der Waals surface area contributed by atoms with E-state index in [1.165, 1.54) is 18.3 Å². The highest BCUT2D eigenvalue weighted by Crippen LogP contribution is 2.40. The second kappa shape index (κ2) is 9.21. The van der Waals surface area contributed by atoms with Crippen LogP contribution in [0, 0.1) is 5.82 Å². The van der Waals surface area contributed by atoms with Crippen LogP contribution in [0.4, 0.5) is 4.39 Å². The highest BCUT2D eigenvalue weighted by atomic mass is 19.1. The number of hydrogen-bond donors (Lipinski definition) is 2. The Morgan fingerprint density at radius 2 is 1.71 bits per heavy atom. The highest BCUT2D eigenvalue weighted by Gasteiger charge is 2.16. The molecular weight excluding hydrogens is 399 g/mol. The molecule has 2 N–H and O–H groups in total. The van der Waals surface area contributed by atoms with Crippen molar-refractivity contribution >= 4 is 0 Å². The maximum absolute atomic E-state index is 13.8. The van der Waals surface area contributed by atoms with Crippen LogP contribution in [-0.4, -0.2) is 21.9 Å². The Morgan fingerprint density at radius 1 is 0.935 bits per heavy atom. The van der Waals surface area contributed by atoms with Crippen LogP contribution in [-0.2, 0) is 6.61 Å². The smallest absolute Gasteiger partial charge is 0.173 e. The van der Waals surface area contributed by atoms with E-state index in [0.717, 1.165) is 0 Å². The molecule has 6 nitrogen and oxygen atoms in total. The third kappa shape index (κ3) is 4.61. The normalized spacial score (nSPS) is 10.6. The van der Waals surface area contributed by atoms with E-state index >= 15 is 0 Å². The number of aromatic amines is 1. The van der Waals surface area contributed by atoms with Crippen molar-refractivity contribution in [3.05, 3.63) is 84.3 Å². The van der Waals surface area contributed by atoms with Crippen molar-refractivity contribution < 1.29 is 23.7 Å². The molecule has 4 rings (SSSR count). The largest absolute Gasteiger partial charge is 0.507 e. The first-order valence-electron chi connectivity index (χ1n) is 9.78. The number of nitrogens with zero attached hydrogens (tertiary/aromatic N) is 1. The number of aromatic hydroxyl groups is 1. The van der Waals surface area contributed by atoms with Gasteiger partial charge in [0.25, 0.3) is 0 Å². The van der Waals surface area contributed by atoms with Gasteiger partial charge < -0.3 is 19.3 Å². The van der Waals surface area contributed by atoms with Crippen molar-refractivity contribution in [2.75, 3.05) is 6.61 Å². The third-order valence-electron chi connectivity index (χ3n) is 4.56. The van der Waals surface area contributed by atoms with E-state index in [2.05, 4.69) is 10.2 Å². The Hall–Kier alpha value is -4.00. The standard InChI is InChI=1S/C24H21FN2O4/c1-2-29-21-9-5-6-10-22(21)31-23-14-26-27-24(23)18-12-11-17(13-20(18)28)30-15-16-7-3-4-8-19(16)25/h3-14,28H,2,15H2,1H3,(H,26,27). The zero-order valence-corrected chi connectivity index (χ0v) is 16.8. The van der Waals surface area contributed by atoms with Crippen molar-refractivity contribution in [1.29, 1.82) is 0 Å². The lowest BCUT2D eigenvalue weighted by Gasteiger charge is -2.12. The second-order valence-corrected chi connectivity index (χ2v) is 6.65. The SMILES string of the molecule is CCOc1ccccc1Oc1cn[nH]c1-c1ccc(OCc2ccccc2F)cc1O. The number of phenols is 1. The van der Waals surface area contributed by atoms with Crippen molar-refractivity contribution in [3.8, 4) is 40.0 Å². The third-order valence-corrected chi connectivity index (χ3v) is 4.56. The van der Waals surface area contributed by atoms with Crippen molar-refractivity contribution in [3.63, 3.8) is 0 Å². The number of ether oxygens (including phenoxy) is 3. The molecule has 3 aromatic carbocycles. The van der Waals surface area contributed by atoms with Gasteiger partial charge in [-0.2, -0.15) is 5.10 Å². The minimum atomic E-state index is -0.338. The van der Waals surface area contributed by atoms with Crippen LogP contribution in [0.25, 0.3) is 11.3 Å².